The maximum absolute atomic E-state index is 13.8. The number of urea groups is 1. The Balaban J connectivity index is 1.35. The quantitative estimate of drug-likeness (QED) is 0.444. The maximum atomic E-state index is 13.8. The van der Waals surface area contributed by atoms with E-state index in [1.165, 1.54) is 0 Å². The zero-order valence-electron chi connectivity index (χ0n) is 23.4. The van der Waals surface area contributed by atoms with E-state index in [2.05, 4.69) is 10.0 Å². The van der Waals surface area contributed by atoms with E-state index in [0.29, 0.717) is 35.1 Å². The highest BCUT2D eigenvalue weighted by molar-refractivity contribution is 7.89. The molecule has 2 aliphatic rings. The first-order valence-electron chi connectivity index (χ1n) is 14.1. The molecule has 3 amide bonds. The van der Waals surface area contributed by atoms with Gasteiger partial charge in [-0.25, -0.2) is 17.9 Å². The van der Waals surface area contributed by atoms with Crippen LogP contribution in [-0.2, 0) is 10.0 Å². The second kappa shape index (κ2) is 11.6. The topological polar surface area (TPSA) is 98.8 Å². The van der Waals surface area contributed by atoms with E-state index < -0.39 is 10.0 Å². The van der Waals surface area contributed by atoms with Gasteiger partial charge >= 0.3 is 6.03 Å². The minimum atomic E-state index is -3.89. The zero-order chi connectivity index (χ0) is 28.4. The number of carbonyl (C=O) groups is 2. The van der Waals surface area contributed by atoms with Crippen molar-refractivity contribution in [1.82, 2.24) is 14.5 Å². The number of aryl methyl sites for hydroxylation is 1. The summed E-state index contributed by atoms with van der Waals surface area (Å²) in [5, 5.41) is 4.15. The van der Waals surface area contributed by atoms with Gasteiger partial charge in [-0.1, -0.05) is 56.3 Å². The number of anilines is 1. The van der Waals surface area contributed by atoms with E-state index in [1.807, 2.05) is 60.9 Å². The molecule has 0 aliphatic carbocycles. The number of benzene rings is 3. The molecule has 2 saturated heterocycles. The Morgan fingerprint density at radius 3 is 2.10 bits per heavy atom. The van der Waals surface area contributed by atoms with Gasteiger partial charge in [0.15, 0.2) is 0 Å². The molecule has 2 N–H and O–H groups in total. The first-order chi connectivity index (χ1) is 19.2. The molecule has 2 heterocycles. The molecule has 3 atom stereocenters. The third-order valence-corrected chi connectivity index (χ3v) is 9.76. The summed E-state index contributed by atoms with van der Waals surface area (Å²) >= 11 is 0. The molecular weight excluding hydrogens is 524 g/mol. The summed E-state index contributed by atoms with van der Waals surface area (Å²) < 4.78 is 30.5. The minimum absolute atomic E-state index is 0.0498. The third kappa shape index (κ3) is 5.71. The lowest BCUT2D eigenvalue weighted by Crippen LogP contribution is -2.58. The van der Waals surface area contributed by atoms with Crippen LogP contribution in [0.5, 0.6) is 0 Å². The van der Waals surface area contributed by atoms with Crippen LogP contribution in [0.3, 0.4) is 0 Å². The summed E-state index contributed by atoms with van der Waals surface area (Å²) in [6, 6.07) is 17.5. The van der Waals surface area contributed by atoms with Crippen molar-refractivity contribution in [1.29, 1.82) is 0 Å². The Kier molecular flexibility index (Phi) is 8.14. The van der Waals surface area contributed by atoms with Gasteiger partial charge in [0.05, 0.1) is 4.90 Å². The standard InChI is InChI=1S/C31H38N4O4S/c1-21-11-5-6-12-24(21)30(36)32-27-15-16-28(26-14-8-7-13-25(26)27)40(38,39)33-29-22(2)19-35(20-23(29)3)31(37)34-17-9-4-10-18-34/h5-8,11-16,22-23,29,33H,4,9-10,17-20H2,1-3H3,(H,32,36)/t22-,23+,29?. The number of likely N-dealkylation sites (tertiary alicyclic amines) is 2. The van der Waals surface area contributed by atoms with Crippen molar-refractivity contribution >= 4 is 38.4 Å². The van der Waals surface area contributed by atoms with Crippen molar-refractivity contribution in [3.63, 3.8) is 0 Å². The first kappa shape index (κ1) is 28.1. The zero-order valence-corrected chi connectivity index (χ0v) is 24.2. The van der Waals surface area contributed by atoms with Crippen LogP contribution < -0.4 is 10.0 Å². The molecular formula is C31H38N4O4S. The molecule has 40 heavy (non-hydrogen) atoms. The molecule has 2 fully saturated rings. The van der Waals surface area contributed by atoms with E-state index in [4.69, 9.17) is 0 Å². The summed E-state index contributed by atoms with van der Waals surface area (Å²) in [5.74, 6) is -0.345. The predicted molar refractivity (Wildman–Crippen MR) is 158 cm³/mol. The number of hydrogen-bond acceptors (Lipinski definition) is 4. The number of piperidine rings is 2. The number of rotatable bonds is 5. The minimum Gasteiger partial charge on any atom is -0.325 e. The SMILES string of the molecule is Cc1ccccc1C(=O)Nc1ccc(S(=O)(=O)NC2[C@H](C)CN(C(=O)N3CCCCC3)C[C@@H]2C)c2ccccc12. The number of sulfonamides is 1. The van der Waals surface area contributed by atoms with Gasteiger partial charge in [-0.05, 0) is 61.8 Å². The van der Waals surface area contributed by atoms with Gasteiger partial charge in [0.1, 0.15) is 0 Å². The van der Waals surface area contributed by atoms with E-state index in [-0.39, 0.29) is 34.7 Å². The lowest BCUT2D eigenvalue weighted by molar-refractivity contribution is 0.0941. The van der Waals surface area contributed by atoms with Crippen molar-refractivity contribution < 1.29 is 18.0 Å². The summed E-state index contributed by atoms with van der Waals surface area (Å²) in [5.41, 5.74) is 1.98. The summed E-state index contributed by atoms with van der Waals surface area (Å²) in [4.78, 5) is 30.1. The van der Waals surface area contributed by atoms with Crippen molar-refractivity contribution in [3.8, 4) is 0 Å². The largest absolute Gasteiger partial charge is 0.325 e. The fourth-order valence-electron chi connectivity index (χ4n) is 6.11. The van der Waals surface area contributed by atoms with E-state index in [9.17, 15) is 18.0 Å². The van der Waals surface area contributed by atoms with Crippen molar-refractivity contribution in [2.75, 3.05) is 31.5 Å². The van der Waals surface area contributed by atoms with Crippen molar-refractivity contribution in [3.05, 3.63) is 71.8 Å². The van der Waals surface area contributed by atoms with Gasteiger partial charge in [-0.2, -0.15) is 0 Å². The Morgan fingerprint density at radius 2 is 1.43 bits per heavy atom. The first-order valence-corrected chi connectivity index (χ1v) is 15.6. The normalized spacial score (nSPS) is 21.8. The van der Waals surface area contributed by atoms with Gasteiger partial charge in [-0.3, -0.25) is 4.79 Å². The summed E-state index contributed by atoms with van der Waals surface area (Å²) in [6.07, 6.45) is 3.24. The lowest BCUT2D eigenvalue weighted by Gasteiger charge is -2.43. The second-order valence-corrected chi connectivity index (χ2v) is 12.9. The molecule has 0 bridgehead atoms. The fourth-order valence-corrected chi connectivity index (χ4v) is 7.77. The molecule has 0 spiro atoms. The van der Waals surface area contributed by atoms with Crippen LogP contribution in [0.2, 0.25) is 0 Å². The molecule has 8 nitrogen and oxygen atoms in total. The Bertz CT molecular complexity index is 1500. The monoisotopic (exact) mass is 562 g/mol. The van der Waals surface area contributed by atoms with Gasteiger partial charge in [0.2, 0.25) is 10.0 Å². The van der Waals surface area contributed by atoms with Crippen molar-refractivity contribution in [2.45, 2.75) is 51.0 Å². The van der Waals surface area contributed by atoms with Gasteiger partial charge in [-0.15, -0.1) is 0 Å². The van der Waals surface area contributed by atoms with E-state index in [0.717, 1.165) is 37.9 Å². The van der Waals surface area contributed by atoms with Gasteiger partial charge in [0.25, 0.3) is 5.91 Å². The third-order valence-electron chi connectivity index (χ3n) is 8.24. The molecule has 0 radical (unpaired) electrons. The van der Waals surface area contributed by atoms with Crippen LogP contribution >= 0.6 is 0 Å². The summed E-state index contributed by atoms with van der Waals surface area (Å²) in [7, 11) is -3.89. The number of nitrogens with zero attached hydrogens (tertiary/aromatic N) is 2. The highest BCUT2D eigenvalue weighted by Crippen LogP contribution is 2.32. The number of hydrogen-bond donors (Lipinski definition) is 2. The number of amides is 3. The lowest BCUT2D eigenvalue weighted by atomic mass is 9.86. The number of carbonyl (C=O) groups excluding carboxylic acids is 2. The molecule has 2 aliphatic heterocycles. The molecule has 212 valence electrons. The van der Waals surface area contributed by atoms with Crippen LogP contribution in [0.1, 0.15) is 49.0 Å². The molecule has 3 aromatic rings. The molecule has 0 aromatic heterocycles. The van der Waals surface area contributed by atoms with Crippen LogP contribution in [0.4, 0.5) is 10.5 Å². The Labute approximate surface area is 236 Å². The predicted octanol–water partition coefficient (Wildman–Crippen LogP) is 5.24. The second-order valence-electron chi connectivity index (χ2n) is 11.3. The molecule has 1 unspecified atom stereocenters. The highest BCUT2D eigenvalue weighted by atomic mass is 32.2. The van der Waals surface area contributed by atoms with Crippen LogP contribution in [-0.4, -0.2) is 62.4 Å². The number of fused-ring (bicyclic) bond motifs is 1. The van der Waals surface area contributed by atoms with Crippen molar-refractivity contribution in [2.24, 2.45) is 11.8 Å². The van der Waals surface area contributed by atoms with Gasteiger partial charge in [0, 0.05) is 54.2 Å². The van der Waals surface area contributed by atoms with E-state index >= 15 is 0 Å². The Morgan fingerprint density at radius 1 is 0.800 bits per heavy atom. The maximum Gasteiger partial charge on any atom is 0.320 e. The molecule has 5 rings (SSSR count). The Hall–Kier alpha value is -3.43. The van der Waals surface area contributed by atoms with E-state index in [1.54, 1.807) is 30.3 Å². The average Bonchev–Trinajstić information content (AvgIpc) is 2.95. The highest BCUT2D eigenvalue weighted by Gasteiger charge is 2.38. The fraction of sp³-hybridized carbons (Fsp3) is 0.419. The van der Waals surface area contributed by atoms with Crippen LogP contribution in [0.25, 0.3) is 10.8 Å². The summed E-state index contributed by atoms with van der Waals surface area (Å²) in [6.45, 7) is 8.49. The van der Waals surface area contributed by atoms with Crippen LogP contribution in [0, 0.1) is 18.8 Å². The molecule has 0 saturated carbocycles. The number of nitrogens with one attached hydrogen (secondary N) is 2. The smallest absolute Gasteiger partial charge is 0.320 e. The molecule has 9 heteroatoms. The molecule has 3 aromatic carbocycles. The van der Waals surface area contributed by atoms with Gasteiger partial charge < -0.3 is 15.1 Å². The average molecular weight is 563 g/mol. The van der Waals surface area contributed by atoms with Crippen LogP contribution in [0.15, 0.2) is 65.6 Å².